The van der Waals surface area contributed by atoms with Crippen LogP contribution in [0.5, 0.6) is 0 Å². The van der Waals surface area contributed by atoms with Crippen molar-refractivity contribution in [2.75, 3.05) is 6.61 Å². The van der Waals surface area contributed by atoms with Crippen molar-refractivity contribution >= 4 is 0 Å². The third kappa shape index (κ3) is 1.08. The molecule has 1 N–H and O–H groups in total. The summed E-state index contributed by atoms with van der Waals surface area (Å²) in [5.41, 5.74) is 0. The molecule has 2 aliphatic rings. The van der Waals surface area contributed by atoms with E-state index in [1.807, 2.05) is 0 Å². The van der Waals surface area contributed by atoms with E-state index in [4.69, 9.17) is 9.47 Å². The molecule has 2 aliphatic heterocycles. The summed E-state index contributed by atoms with van der Waals surface area (Å²) in [6.45, 7) is 4.76. The molecule has 2 bridgehead atoms. The van der Waals surface area contributed by atoms with E-state index >= 15 is 0 Å². The van der Waals surface area contributed by atoms with Gasteiger partial charge in [0, 0.05) is 5.92 Å². The van der Waals surface area contributed by atoms with Crippen LogP contribution in [0.25, 0.3) is 0 Å². The number of hydrogen-bond donors (Lipinski definition) is 1. The Morgan fingerprint density at radius 1 is 1.50 bits per heavy atom. The molecule has 0 radical (unpaired) electrons. The largest absolute Gasteiger partial charge is 0.390 e. The Labute approximate surface area is 72.7 Å². The third-order valence-corrected chi connectivity index (χ3v) is 3.13. The minimum Gasteiger partial charge on any atom is -0.390 e. The number of rotatable bonds is 1. The zero-order valence-electron chi connectivity index (χ0n) is 7.56. The van der Waals surface area contributed by atoms with E-state index in [-0.39, 0.29) is 18.5 Å². The summed E-state index contributed by atoms with van der Waals surface area (Å²) in [5, 5.41) is 9.82. The number of aliphatic hydroxyl groups is 1. The van der Waals surface area contributed by atoms with Gasteiger partial charge in [0.15, 0.2) is 6.29 Å². The Hall–Kier alpha value is -0.120. The molecule has 12 heavy (non-hydrogen) atoms. The van der Waals surface area contributed by atoms with Gasteiger partial charge in [-0.15, -0.1) is 0 Å². The van der Waals surface area contributed by atoms with Crippen LogP contribution >= 0.6 is 0 Å². The second-order valence-corrected chi connectivity index (χ2v) is 3.80. The van der Waals surface area contributed by atoms with Crippen LogP contribution in [0, 0.1) is 11.8 Å². The van der Waals surface area contributed by atoms with Crippen molar-refractivity contribution in [1.29, 1.82) is 0 Å². The van der Waals surface area contributed by atoms with Crippen LogP contribution in [0.3, 0.4) is 0 Å². The van der Waals surface area contributed by atoms with Crippen LogP contribution in [-0.4, -0.2) is 30.2 Å². The molecule has 3 heteroatoms. The molecule has 0 aromatic heterocycles. The van der Waals surface area contributed by atoms with Gasteiger partial charge >= 0.3 is 0 Å². The molecule has 0 spiro atoms. The molecule has 0 unspecified atom stereocenters. The SMILES string of the molecule is CC[C@@H]1[C@@H](C)[C@H]2OC[C@H](O2)[C@H]1O. The Kier molecular flexibility index (Phi) is 2.10. The lowest BCUT2D eigenvalue weighted by atomic mass is 9.83. The molecule has 0 aromatic carbocycles. The average Bonchev–Trinajstić information content (AvgIpc) is 2.48. The zero-order chi connectivity index (χ0) is 8.72. The van der Waals surface area contributed by atoms with E-state index < -0.39 is 0 Å². The van der Waals surface area contributed by atoms with Crippen molar-refractivity contribution < 1.29 is 14.6 Å². The number of hydrogen-bond acceptors (Lipinski definition) is 3. The molecule has 70 valence electrons. The highest BCUT2D eigenvalue weighted by atomic mass is 16.7. The van der Waals surface area contributed by atoms with Crippen molar-refractivity contribution in [3.63, 3.8) is 0 Å². The first-order chi connectivity index (χ1) is 5.74. The van der Waals surface area contributed by atoms with Gasteiger partial charge in [-0.1, -0.05) is 20.3 Å². The first-order valence-corrected chi connectivity index (χ1v) is 4.69. The van der Waals surface area contributed by atoms with E-state index in [0.29, 0.717) is 18.4 Å². The van der Waals surface area contributed by atoms with Crippen molar-refractivity contribution in [2.24, 2.45) is 11.8 Å². The van der Waals surface area contributed by atoms with E-state index in [2.05, 4.69) is 13.8 Å². The maximum Gasteiger partial charge on any atom is 0.161 e. The van der Waals surface area contributed by atoms with Gasteiger partial charge in [-0.2, -0.15) is 0 Å². The van der Waals surface area contributed by atoms with Gasteiger partial charge in [-0.25, -0.2) is 0 Å². The van der Waals surface area contributed by atoms with E-state index in [0.717, 1.165) is 6.42 Å². The quantitative estimate of drug-likeness (QED) is 0.634. The topological polar surface area (TPSA) is 38.7 Å². The summed E-state index contributed by atoms with van der Waals surface area (Å²) in [7, 11) is 0. The van der Waals surface area contributed by atoms with Crippen LogP contribution in [0.1, 0.15) is 20.3 Å². The van der Waals surface area contributed by atoms with Crippen LogP contribution in [-0.2, 0) is 9.47 Å². The molecule has 2 rings (SSSR count). The summed E-state index contributed by atoms with van der Waals surface area (Å²) >= 11 is 0. The number of ether oxygens (including phenoxy) is 2. The number of fused-ring (bicyclic) bond motifs is 2. The van der Waals surface area contributed by atoms with Crippen LogP contribution in [0.2, 0.25) is 0 Å². The summed E-state index contributed by atoms with van der Waals surface area (Å²) in [6.07, 6.45) is 0.533. The van der Waals surface area contributed by atoms with Gasteiger partial charge in [0.05, 0.1) is 12.7 Å². The molecule has 0 aromatic rings. The molecule has 5 atom stereocenters. The average molecular weight is 172 g/mol. The van der Waals surface area contributed by atoms with Crippen LogP contribution in [0.4, 0.5) is 0 Å². The predicted molar refractivity (Wildman–Crippen MR) is 43.6 cm³/mol. The lowest BCUT2D eigenvalue weighted by Gasteiger charge is -2.36. The molecule has 2 saturated heterocycles. The molecule has 0 aliphatic carbocycles. The third-order valence-electron chi connectivity index (χ3n) is 3.13. The summed E-state index contributed by atoms with van der Waals surface area (Å²) < 4.78 is 10.9. The minimum atomic E-state index is -0.330. The van der Waals surface area contributed by atoms with E-state index in [1.54, 1.807) is 0 Å². The highest BCUT2D eigenvalue weighted by Crippen LogP contribution is 2.37. The molecule has 0 amide bonds. The fourth-order valence-electron chi connectivity index (χ4n) is 2.30. The maximum absolute atomic E-state index is 9.82. The standard InChI is InChI=1S/C9H16O3/c1-3-6-5(2)9-11-4-7(12-9)8(6)10/h5-10H,3-4H2,1-2H3/t5-,6-,7+,8+,9+/m1/s1. The van der Waals surface area contributed by atoms with Crippen molar-refractivity contribution in [2.45, 2.75) is 38.8 Å². The Morgan fingerprint density at radius 2 is 2.25 bits per heavy atom. The van der Waals surface area contributed by atoms with E-state index in [9.17, 15) is 5.11 Å². The van der Waals surface area contributed by atoms with Gasteiger partial charge in [-0.05, 0) is 5.92 Å². The number of aliphatic hydroxyl groups excluding tert-OH is 1. The fraction of sp³-hybridized carbons (Fsp3) is 1.00. The summed E-state index contributed by atoms with van der Waals surface area (Å²) in [5.74, 6) is 0.667. The maximum atomic E-state index is 9.82. The Balaban J connectivity index is 2.14. The second kappa shape index (κ2) is 2.98. The minimum absolute atomic E-state index is 0.0663. The Morgan fingerprint density at radius 3 is 2.92 bits per heavy atom. The molecular weight excluding hydrogens is 156 g/mol. The van der Waals surface area contributed by atoms with Crippen molar-refractivity contribution in [3.8, 4) is 0 Å². The normalized spacial score (nSPS) is 52.8. The molecule has 0 saturated carbocycles. The fourth-order valence-corrected chi connectivity index (χ4v) is 2.30. The van der Waals surface area contributed by atoms with Crippen molar-refractivity contribution in [3.05, 3.63) is 0 Å². The van der Waals surface area contributed by atoms with Crippen molar-refractivity contribution in [1.82, 2.24) is 0 Å². The predicted octanol–water partition coefficient (Wildman–Crippen LogP) is 0.765. The molecule has 2 heterocycles. The Bertz CT molecular complexity index is 155. The highest BCUT2D eigenvalue weighted by molar-refractivity contribution is 4.90. The zero-order valence-corrected chi connectivity index (χ0v) is 7.56. The smallest absolute Gasteiger partial charge is 0.161 e. The van der Waals surface area contributed by atoms with Gasteiger partial charge in [0.2, 0.25) is 0 Å². The van der Waals surface area contributed by atoms with Gasteiger partial charge < -0.3 is 14.6 Å². The van der Waals surface area contributed by atoms with Gasteiger partial charge in [0.1, 0.15) is 6.10 Å². The first kappa shape index (κ1) is 8.48. The second-order valence-electron chi connectivity index (χ2n) is 3.80. The first-order valence-electron chi connectivity index (χ1n) is 4.69. The molecule has 3 nitrogen and oxygen atoms in total. The van der Waals surface area contributed by atoms with E-state index in [1.165, 1.54) is 0 Å². The van der Waals surface area contributed by atoms with Crippen LogP contribution in [0.15, 0.2) is 0 Å². The molecular formula is C9H16O3. The lowest BCUT2D eigenvalue weighted by Crippen LogP contribution is -2.45. The van der Waals surface area contributed by atoms with Gasteiger partial charge in [0.25, 0.3) is 0 Å². The summed E-state index contributed by atoms with van der Waals surface area (Å²) in [6, 6.07) is 0. The molecule has 2 fully saturated rings. The van der Waals surface area contributed by atoms with Crippen LogP contribution < -0.4 is 0 Å². The van der Waals surface area contributed by atoms with Gasteiger partial charge in [-0.3, -0.25) is 0 Å². The highest BCUT2D eigenvalue weighted by Gasteiger charge is 2.46. The monoisotopic (exact) mass is 172 g/mol. The lowest BCUT2D eigenvalue weighted by molar-refractivity contribution is -0.177. The summed E-state index contributed by atoms with van der Waals surface area (Å²) in [4.78, 5) is 0.